The second-order valence-corrected chi connectivity index (χ2v) is 4.29. The molecule has 0 unspecified atom stereocenters. The van der Waals surface area contributed by atoms with Gasteiger partial charge in [-0.15, -0.1) is 0 Å². The van der Waals surface area contributed by atoms with Crippen LogP contribution in [0, 0.1) is 0 Å². The van der Waals surface area contributed by atoms with Crippen molar-refractivity contribution in [2.75, 3.05) is 6.61 Å². The number of para-hydroxylation sites is 1. The van der Waals surface area contributed by atoms with E-state index in [0.717, 1.165) is 0 Å². The van der Waals surface area contributed by atoms with Crippen LogP contribution in [0.4, 0.5) is 0 Å². The van der Waals surface area contributed by atoms with E-state index in [4.69, 9.17) is 9.84 Å². The molecular weight excluding hydrogens is 284 g/mol. The van der Waals surface area contributed by atoms with Crippen LogP contribution in [0.1, 0.15) is 15.9 Å². The zero-order valence-corrected chi connectivity index (χ0v) is 11.6. The van der Waals surface area contributed by atoms with Gasteiger partial charge in [0.05, 0.1) is 6.21 Å². The van der Waals surface area contributed by atoms with Crippen molar-refractivity contribution in [1.82, 2.24) is 5.43 Å². The Morgan fingerprint density at radius 1 is 1.09 bits per heavy atom. The minimum atomic E-state index is -1.07. The van der Waals surface area contributed by atoms with Gasteiger partial charge in [-0.2, -0.15) is 5.10 Å². The lowest BCUT2D eigenvalue weighted by molar-refractivity contribution is -0.139. The Kier molecular flexibility index (Phi) is 5.25. The van der Waals surface area contributed by atoms with Crippen molar-refractivity contribution in [3.63, 3.8) is 0 Å². The summed E-state index contributed by atoms with van der Waals surface area (Å²) in [7, 11) is 0. The van der Waals surface area contributed by atoms with Gasteiger partial charge in [-0.3, -0.25) is 4.79 Å². The summed E-state index contributed by atoms with van der Waals surface area (Å²) in [4.78, 5) is 22.3. The molecule has 2 N–H and O–H groups in total. The first kappa shape index (κ1) is 15.2. The number of hydrogen-bond acceptors (Lipinski definition) is 4. The fourth-order valence-electron chi connectivity index (χ4n) is 1.67. The maximum atomic E-state index is 11.8. The average molecular weight is 298 g/mol. The van der Waals surface area contributed by atoms with E-state index in [-0.39, 0.29) is 5.91 Å². The molecule has 2 aromatic carbocycles. The van der Waals surface area contributed by atoms with Crippen molar-refractivity contribution in [2.45, 2.75) is 0 Å². The highest BCUT2D eigenvalue weighted by atomic mass is 16.5. The number of amides is 1. The van der Waals surface area contributed by atoms with Crippen LogP contribution in [0.25, 0.3) is 0 Å². The molecule has 0 bridgehead atoms. The van der Waals surface area contributed by atoms with Crippen LogP contribution in [-0.4, -0.2) is 29.8 Å². The molecule has 2 rings (SSSR count). The Balaban J connectivity index is 2.01. The van der Waals surface area contributed by atoms with E-state index in [2.05, 4.69) is 10.5 Å². The van der Waals surface area contributed by atoms with Crippen LogP contribution < -0.4 is 10.2 Å². The lowest BCUT2D eigenvalue weighted by atomic mass is 10.2. The summed E-state index contributed by atoms with van der Waals surface area (Å²) in [5.74, 6) is -1.02. The molecule has 0 aliphatic rings. The number of carboxylic acids is 1. The van der Waals surface area contributed by atoms with Crippen LogP contribution in [0.3, 0.4) is 0 Å². The zero-order chi connectivity index (χ0) is 15.8. The first-order valence-electron chi connectivity index (χ1n) is 6.49. The van der Waals surface area contributed by atoms with E-state index >= 15 is 0 Å². The lowest BCUT2D eigenvalue weighted by Crippen LogP contribution is -2.17. The van der Waals surface area contributed by atoms with Gasteiger partial charge in [-0.05, 0) is 24.3 Å². The molecule has 1 amide bonds. The minimum Gasteiger partial charge on any atom is -0.481 e. The molecule has 0 radical (unpaired) electrons. The Morgan fingerprint density at radius 2 is 1.77 bits per heavy atom. The van der Waals surface area contributed by atoms with E-state index in [1.165, 1.54) is 6.21 Å². The molecule has 0 aliphatic carbocycles. The molecule has 0 heterocycles. The molecule has 2 aromatic rings. The summed E-state index contributed by atoms with van der Waals surface area (Å²) < 4.78 is 5.14. The third kappa shape index (κ3) is 4.45. The summed E-state index contributed by atoms with van der Waals surface area (Å²) in [5.41, 5.74) is 3.46. The number of ether oxygens (including phenoxy) is 1. The van der Waals surface area contributed by atoms with Gasteiger partial charge in [0.2, 0.25) is 0 Å². The van der Waals surface area contributed by atoms with E-state index in [1.807, 2.05) is 6.07 Å². The van der Waals surface area contributed by atoms with Crippen molar-refractivity contribution < 1.29 is 19.4 Å². The van der Waals surface area contributed by atoms with Crippen LogP contribution >= 0.6 is 0 Å². The molecule has 0 atom stereocenters. The smallest absolute Gasteiger partial charge is 0.341 e. The molecule has 0 spiro atoms. The van der Waals surface area contributed by atoms with Crippen molar-refractivity contribution in [3.8, 4) is 5.75 Å². The Bertz CT molecular complexity index is 684. The number of hydrazone groups is 1. The molecule has 112 valence electrons. The summed E-state index contributed by atoms with van der Waals surface area (Å²) in [5, 5.41) is 12.5. The number of benzene rings is 2. The van der Waals surface area contributed by atoms with Gasteiger partial charge in [0.15, 0.2) is 6.61 Å². The van der Waals surface area contributed by atoms with Crippen LogP contribution in [0.15, 0.2) is 59.7 Å². The van der Waals surface area contributed by atoms with E-state index in [1.54, 1.807) is 48.5 Å². The number of carbonyl (C=O) groups excluding carboxylic acids is 1. The molecule has 0 aromatic heterocycles. The number of nitrogens with one attached hydrogen (secondary N) is 1. The van der Waals surface area contributed by atoms with E-state index in [9.17, 15) is 9.59 Å². The van der Waals surface area contributed by atoms with E-state index in [0.29, 0.717) is 16.9 Å². The van der Waals surface area contributed by atoms with Crippen LogP contribution in [-0.2, 0) is 4.79 Å². The van der Waals surface area contributed by atoms with Crippen LogP contribution in [0.5, 0.6) is 5.75 Å². The first-order valence-corrected chi connectivity index (χ1v) is 6.49. The highest BCUT2D eigenvalue weighted by Crippen LogP contribution is 2.15. The molecule has 6 nitrogen and oxygen atoms in total. The molecule has 0 fully saturated rings. The van der Waals surface area contributed by atoms with Gasteiger partial charge in [-0.1, -0.05) is 30.3 Å². The first-order chi connectivity index (χ1) is 10.7. The predicted octanol–water partition coefficient (Wildman–Crippen LogP) is 1.91. The molecule has 6 heteroatoms. The second kappa shape index (κ2) is 7.58. The van der Waals surface area contributed by atoms with Gasteiger partial charge in [0, 0.05) is 11.1 Å². The summed E-state index contributed by atoms with van der Waals surface area (Å²) in [6.45, 7) is -0.443. The monoisotopic (exact) mass is 298 g/mol. The third-order valence-electron chi connectivity index (χ3n) is 2.68. The van der Waals surface area contributed by atoms with Gasteiger partial charge in [-0.25, -0.2) is 10.2 Å². The van der Waals surface area contributed by atoms with Gasteiger partial charge in [0.25, 0.3) is 5.91 Å². The molecular formula is C16H14N2O4. The minimum absolute atomic E-state index is 0.333. The Morgan fingerprint density at radius 3 is 2.50 bits per heavy atom. The normalized spacial score (nSPS) is 10.4. The molecule has 0 saturated carbocycles. The number of nitrogens with zero attached hydrogens (tertiary/aromatic N) is 1. The summed E-state index contributed by atoms with van der Waals surface area (Å²) >= 11 is 0. The predicted molar refractivity (Wildman–Crippen MR) is 81.1 cm³/mol. The molecule has 0 aliphatic heterocycles. The number of carboxylic acid groups (broad SMARTS) is 1. The number of hydrogen-bond donors (Lipinski definition) is 2. The quantitative estimate of drug-likeness (QED) is 0.630. The topological polar surface area (TPSA) is 88.0 Å². The van der Waals surface area contributed by atoms with Crippen molar-refractivity contribution in [1.29, 1.82) is 0 Å². The Hall–Kier alpha value is -3.15. The third-order valence-corrected chi connectivity index (χ3v) is 2.68. The number of aliphatic carboxylic acids is 1. The van der Waals surface area contributed by atoms with E-state index < -0.39 is 12.6 Å². The maximum Gasteiger partial charge on any atom is 0.341 e. The Labute approximate surface area is 127 Å². The van der Waals surface area contributed by atoms with Crippen molar-refractivity contribution in [3.05, 3.63) is 65.7 Å². The SMILES string of the molecule is O=C(O)COc1ccccc1/C=N\NC(=O)c1ccccc1. The summed E-state index contributed by atoms with van der Waals surface area (Å²) in [6, 6.07) is 15.5. The van der Waals surface area contributed by atoms with Crippen LogP contribution in [0.2, 0.25) is 0 Å². The fraction of sp³-hybridized carbons (Fsp3) is 0.0625. The highest BCUT2D eigenvalue weighted by molar-refractivity contribution is 5.95. The van der Waals surface area contributed by atoms with Gasteiger partial charge < -0.3 is 9.84 Å². The molecule has 22 heavy (non-hydrogen) atoms. The summed E-state index contributed by atoms with van der Waals surface area (Å²) in [6.07, 6.45) is 1.40. The largest absolute Gasteiger partial charge is 0.481 e. The fourth-order valence-corrected chi connectivity index (χ4v) is 1.67. The highest BCUT2D eigenvalue weighted by Gasteiger charge is 2.04. The van der Waals surface area contributed by atoms with Crippen molar-refractivity contribution >= 4 is 18.1 Å². The van der Waals surface area contributed by atoms with Gasteiger partial charge in [0.1, 0.15) is 5.75 Å². The number of carbonyl (C=O) groups is 2. The average Bonchev–Trinajstić information content (AvgIpc) is 2.54. The van der Waals surface area contributed by atoms with Gasteiger partial charge >= 0.3 is 5.97 Å². The van der Waals surface area contributed by atoms with Crippen molar-refractivity contribution in [2.24, 2.45) is 5.10 Å². The number of rotatable bonds is 6. The lowest BCUT2D eigenvalue weighted by Gasteiger charge is -2.06. The second-order valence-electron chi connectivity index (χ2n) is 4.29. The zero-order valence-electron chi connectivity index (χ0n) is 11.6. The standard InChI is InChI=1S/C16H14N2O4/c19-15(20)11-22-14-9-5-4-8-13(14)10-17-18-16(21)12-6-2-1-3-7-12/h1-10H,11H2,(H,18,21)(H,19,20)/b17-10-. The maximum absolute atomic E-state index is 11.8. The molecule has 0 saturated heterocycles.